The molecule has 1 aromatic rings. The third kappa shape index (κ3) is 4.28. The van der Waals surface area contributed by atoms with E-state index in [2.05, 4.69) is 26.2 Å². The Morgan fingerprint density at radius 3 is 2.96 bits per heavy atom. The Labute approximate surface area is 135 Å². The predicted molar refractivity (Wildman–Crippen MR) is 85.2 cm³/mol. The van der Waals surface area contributed by atoms with Crippen LogP contribution in [0.2, 0.25) is 0 Å². The molecule has 1 aliphatic rings. The minimum Gasteiger partial charge on any atom is -0.466 e. The highest BCUT2D eigenvalue weighted by atomic mass is 32.2. The molecule has 1 fully saturated rings. The minimum atomic E-state index is -0.642. The zero-order valence-corrected chi connectivity index (χ0v) is 12.7. The average molecular weight is 331 g/mol. The second kappa shape index (κ2) is 7.38. The lowest BCUT2D eigenvalue weighted by Crippen LogP contribution is -2.19. The minimum absolute atomic E-state index is 0.148. The highest BCUT2D eigenvalue weighted by Gasteiger charge is 2.24. The molecule has 0 aliphatic carbocycles. The topological polar surface area (TPSA) is 80.1 Å². The van der Waals surface area contributed by atoms with Crippen LogP contribution in [0.25, 0.3) is 0 Å². The SMILES string of the molecule is C#Cc1ccc(C=N/N=C2/NC(=O)/C(=C\C(=O)OC)S2)cc1F. The fraction of sp³-hybridized carbons (Fsp3) is 0.0667. The second-order valence-corrected chi connectivity index (χ2v) is 5.15. The van der Waals surface area contributed by atoms with Gasteiger partial charge in [0.1, 0.15) is 5.82 Å². The van der Waals surface area contributed by atoms with E-state index < -0.39 is 17.7 Å². The van der Waals surface area contributed by atoms with Crippen LogP contribution in [-0.2, 0) is 14.3 Å². The van der Waals surface area contributed by atoms with Crippen molar-refractivity contribution in [3.8, 4) is 12.3 Å². The number of methoxy groups -OCH3 is 1. The summed E-state index contributed by atoms with van der Waals surface area (Å²) >= 11 is 0.942. The largest absolute Gasteiger partial charge is 0.466 e. The lowest BCUT2D eigenvalue weighted by molar-refractivity contribution is -0.135. The van der Waals surface area contributed by atoms with Crippen LogP contribution in [0.1, 0.15) is 11.1 Å². The van der Waals surface area contributed by atoms with Crippen LogP contribution >= 0.6 is 11.8 Å². The van der Waals surface area contributed by atoms with Gasteiger partial charge in [0.2, 0.25) is 0 Å². The molecule has 0 radical (unpaired) electrons. The molecule has 23 heavy (non-hydrogen) atoms. The number of thioether (sulfide) groups is 1. The summed E-state index contributed by atoms with van der Waals surface area (Å²) in [6.45, 7) is 0. The van der Waals surface area contributed by atoms with Crippen molar-refractivity contribution in [3.05, 3.63) is 46.1 Å². The molecule has 0 atom stereocenters. The van der Waals surface area contributed by atoms with E-state index in [1.807, 2.05) is 0 Å². The molecule has 0 saturated carbocycles. The Kier molecular flexibility index (Phi) is 5.28. The lowest BCUT2D eigenvalue weighted by Gasteiger charge is -1.95. The summed E-state index contributed by atoms with van der Waals surface area (Å²) in [5.74, 6) is 0.564. The normalized spacial score (nSPS) is 17.5. The molecule has 1 amide bonds. The molecule has 1 N–H and O–H groups in total. The first-order chi connectivity index (χ1) is 11.0. The van der Waals surface area contributed by atoms with Crippen LogP contribution in [0, 0.1) is 18.2 Å². The Morgan fingerprint density at radius 2 is 2.30 bits per heavy atom. The van der Waals surface area contributed by atoms with Crippen LogP contribution < -0.4 is 5.32 Å². The molecule has 1 aromatic carbocycles. The smallest absolute Gasteiger partial charge is 0.331 e. The van der Waals surface area contributed by atoms with Gasteiger partial charge in [-0.15, -0.1) is 11.5 Å². The van der Waals surface area contributed by atoms with Gasteiger partial charge in [0.15, 0.2) is 5.17 Å². The summed E-state index contributed by atoms with van der Waals surface area (Å²) in [6.07, 6.45) is 7.49. The average Bonchev–Trinajstić information content (AvgIpc) is 2.87. The standard InChI is InChI=1S/C15H10FN3O3S/c1-3-10-5-4-9(6-11(10)16)8-17-19-15-18-14(21)12(23-15)7-13(20)22-2/h1,4-8H,2H3,(H,18,19,21)/b12-7+,17-8?. The van der Waals surface area contributed by atoms with Gasteiger partial charge in [-0.3, -0.25) is 10.1 Å². The quantitative estimate of drug-likeness (QED) is 0.299. The number of nitrogens with zero attached hydrogens (tertiary/aromatic N) is 2. The van der Waals surface area contributed by atoms with E-state index in [0.717, 1.165) is 17.8 Å². The van der Waals surface area contributed by atoms with Crippen molar-refractivity contribution in [3.63, 3.8) is 0 Å². The maximum absolute atomic E-state index is 13.5. The third-order valence-corrected chi connectivity index (χ3v) is 3.51. The number of amidine groups is 1. The fourth-order valence-corrected chi connectivity index (χ4v) is 2.26. The van der Waals surface area contributed by atoms with E-state index in [1.54, 1.807) is 6.07 Å². The van der Waals surface area contributed by atoms with Gasteiger partial charge in [-0.1, -0.05) is 12.0 Å². The molecule has 6 nitrogen and oxygen atoms in total. The number of rotatable bonds is 3. The van der Waals surface area contributed by atoms with Gasteiger partial charge in [0.25, 0.3) is 5.91 Å². The van der Waals surface area contributed by atoms with Crippen molar-refractivity contribution >= 4 is 35.0 Å². The zero-order valence-electron chi connectivity index (χ0n) is 11.9. The number of ether oxygens (including phenoxy) is 1. The van der Waals surface area contributed by atoms with E-state index >= 15 is 0 Å². The van der Waals surface area contributed by atoms with Crippen molar-refractivity contribution in [2.75, 3.05) is 7.11 Å². The van der Waals surface area contributed by atoms with E-state index in [9.17, 15) is 14.0 Å². The number of terminal acetylenes is 1. The van der Waals surface area contributed by atoms with Crippen LogP contribution in [0.15, 0.2) is 39.4 Å². The molecule has 2 rings (SSSR count). The monoisotopic (exact) mass is 331 g/mol. The molecule has 0 aromatic heterocycles. The van der Waals surface area contributed by atoms with E-state index in [1.165, 1.54) is 25.5 Å². The van der Waals surface area contributed by atoms with Gasteiger partial charge in [-0.2, -0.15) is 5.10 Å². The predicted octanol–water partition coefficient (Wildman–Crippen LogP) is 1.42. The molecule has 0 spiro atoms. The summed E-state index contributed by atoms with van der Waals surface area (Å²) in [5, 5.41) is 10.2. The molecular weight excluding hydrogens is 321 g/mol. The van der Waals surface area contributed by atoms with E-state index in [-0.39, 0.29) is 15.6 Å². The first kappa shape index (κ1) is 16.5. The number of nitrogens with one attached hydrogen (secondary N) is 1. The molecule has 8 heteroatoms. The Morgan fingerprint density at radius 1 is 1.52 bits per heavy atom. The number of carbonyl (C=O) groups is 2. The maximum atomic E-state index is 13.5. The van der Waals surface area contributed by atoms with Gasteiger partial charge in [0, 0.05) is 6.08 Å². The number of benzene rings is 1. The fourth-order valence-electron chi connectivity index (χ4n) is 1.52. The first-order valence-corrected chi connectivity index (χ1v) is 7.01. The summed E-state index contributed by atoms with van der Waals surface area (Å²) in [7, 11) is 1.21. The van der Waals surface area contributed by atoms with Crippen LogP contribution in [0.5, 0.6) is 0 Å². The van der Waals surface area contributed by atoms with Crippen LogP contribution in [0.3, 0.4) is 0 Å². The zero-order chi connectivity index (χ0) is 16.8. The highest BCUT2D eigenvalue weighted by molar-refractivity contribution is 8.18. The molecular formula is C15H10FN3O3S. The van der Waals surface area contributed by atoms with Crippen molar-refractivity contribution in [2.45, 2.75) is 0 Å². The van der Waals surface area contributed by atoms with Crippen molar-refractivity contribution in [2.24, 2.45) is 10.2 Å². The third-order valence-electron chi connectivity index (χ3n) is 2.61. The van der Waals surface area contributed by atoms with E-state index in [0.29, 0.717) is 5.56 Å². The Balaban J connectivity index is 2.08. The number of esters is 1. The van der Waals surface area contributed by atoms with Crippen LogP contribution in [0.4, 0.5) is 4.39 Å². The van der Waals surface area contributed by atoms with Crippen molar-refractivity contribution < 1.29 is 18.7 Å². The molecule has 1 saturated heterocycles. The number of halogens is 1. The van der Waals surface area contributed by atoms with Gasteiger partial charge in [-0.25, -0.2) is 9.18 Å². The van der Waals surface area contributed by atoms with Gasteiger partial charge >= 0.3 is 5.97 Å². The number of amides is 1. The number of hydrogen-bond donors (Lipinski definition) is 1. The molecule has 1 aliphatic heterocycles. The lowest BCUT2D eigenvalue weighted by atomic mass is 10.1. The van der Waals surface area contributed by atoms with Gasteiger partial charge in [0.05, 0.1) is 23.8 Å². The van der Waals surface area contributed by atoms with Gasteiger partial charge in [-0.05, 0) is 29.5 Å². The van der Waals surface area contributed by atoms with Crippen molar-refractivity contribution in [1.82, 2.24) is 5.32 Å². The van der Waals surface area contributed by atoms with E-state index in [4.69, 9.17) is 6.42 Å². The van der Waals surface area contributed by atoms with Crippen molar-refractivity contribution in [1.29, 1.82) is 0 Å². The number of carbonyl (C=O) groups excluding carboxylic acids is 2. The molecule has 116 valence electrons. The Hall–Kier alpha value is -2.92. The molecule has 1 heterocycles. The highest BCUT2D eigenvalue weighted by Crippen LogP contribution is 2.23. The molecule has 0 unspecified atom stereocenters. The first-order valence-electron chi connectivity index (χ1n) is 6.19. The summed E-state index contributed by atoms with van der Waals surface area (Å²) in [4.78, 5) is 22.8. The maximum Gasteiger partial charge on any atom is 0.331 e. The Bertz CT molecular complexity index is 794. The second-order valence-electron chi connectivity index (χ2n) is 4.12. The summed E-state index contributed by atoms with van der Waals surface area (Å²) in [6, 6.07) is 4.26. The van der Waals surface area contributed by atoms with Gasteiger partial charge < -0.3 is 4.74 Å². The number of hydrogen-bond acceptors (Lipinski definition) is 6. The summed E-state index contributed by atoms with van der Waals surface area (Å²) < 4.78 is 17.9. The molecule has 0 bridgehead atoms. The summed E-state index contributed by atoms with van der Waals surface area (Å²) in [5.41, 5.74) is 0.621. The van der Waals surface area contributed by atoms with Crippen LogP contribution in [-0.4, -0.2) is 30.4 Å².